The zero-order valence-electron chi connectivity index (χ0n) is 18.2. The number of anilines is 3. The van der Waals surface area contributed by atoms with E-state index < -0.39 is 10.0 Å². The summed E-state index contributed by atoms with van der Waals surface area (Å²) in [4.78, 5) is 14.7. The highest BCUT2D eigenvalue weighted by atomic mass is 35.5. The lowest BCUT2D eigenvalue weighted by molar-refractivity contribution is 0.101. The number of sulfonamides is 1. The van der Waals surface area contributed by atoms with Gasteiger partial charge in [-0.15, -0.1) is 0 Å². The second-order valence-corrected chi connectivity index (χ2v) is 9.67. The second-order valence-electron chi connectivity index (χ2n) is 7.62. The monoisotopic (exact) mass is 489 g/mol. The molecule has 2 aromatic carbocycles. The van der Waals surface area contributed by atoms with Gasteiger partial charge < -0.3 is 15.0 Å². The Morgan fingerprint density at radius 1 is 1.12 bits per heavy atom. The lowest BCUT2D eigenvalue weighted by atomic mass is 10.2. The van der Waals surface area contributed by atoms with E-state index in [-0.39, 0.29) is 21.5 Å². The van der Waals surface area contributed by atoms with Crippen LogP contribution in [-0.2, 0) is 21.8 Å². The first kappa shape index (κ1) is 23.1. The number of morpholine rings is 1. The van der Waals surface area contributed by atoms with Gasteiger partial charge in [-0.2, -0.15) is 5.10 Å². The highest BCUT2D eigenvalue weighted by Gasteiger charge is 2.25. The van der Waals surface area contributed by atoms with E-state index in [0.29, 0.717) is 49.1 Å². The Hall–Kier alpha value is -3.08. The Morgan fingerprint density at radius 2 is 1.85 bits per heavy atom. The van der Waals surface area contributed by atoms with Crippen molar-refractivity contribution in [2.45, 2.75) is 11.8 Å². The third-order valence-corrected chi connectivity index (χ3v) is 6.94. The molecule has 1 aliphatic heterocycles. The maximum Gasteiger partial charge on any atom is 0.273 e. The number of aryl methyl sites for hydroxylation is 2. The molecule has 9 nitrogen and oxygen atoms in total. The summed E-state index contributed by atoms with van der Waals surface area (Å²) < 4.78 is 36.3. The summed E-state index contributed by atoms with van der Waals surface area (Å²) >= 11 is 6.17. The number of nitrogens with one attached hydrogen (secondary N) is 2. The number of benzene rings is 2. The van der Waals surface area contributed by atoms with Gasteiger partial charge in [0.05, 0.1) is 35.3 Å². The van der Waals surface area contributed by atoms with Crippen molar-refractivity contribution in [3.05, 3.63) is 64.9 Å². The van der Waals surface area contributed by atoms with Gasteiger partial charge in [0.25, 0.3) is 15.9 Å². The molecule has 0 unspecified atom stereocenters. The number of halogens is 1. The number of rotatable bonds is 6. The van der Waals surface area contributed by atoms with E-state index in [1.165, 1.54) is 10.7 Å². The lowest BCUT2D eigenvalue weighted by Crippen LogP contribution is -2.37. The number of carbonyl (C=O) groups is 1. The Balaban J connectivity index is 1.71. The first-order chi connectivity index (χ1) is 15.7. The largest absolute Gasteiger partial charge is 0.378 e. The van der Waals surface area contributed by atoms with Gasteiger partial charge in [-0.25, -0.2) is 8.42 Å². The quantitative estimate of drug-likeness (QED) is 0.550. The van der Waals surface area contributed by atoms with Crippen molar-refractivity contribution in [3.63, 3.8) is 0 Å². The smallest absolute Gasteiger partial charge is 0.273 e. The van der Waals surface area contributed by atoms with Gasteiger partial charge in [-0.1, -0.05) is 23.7 Å². The highest BCUT2D eigenvalue weighted by Crippen LogP contribution is 2.32. The molecular weight excluding hydrogens is 466 g/mol. The molecule has 1 amide bonds. The number of hydrogen-bond donors (Lipinski definition) is 2. The molecule has 33 heavy (non-hydrogen) atoms. The van der Waals surface area contributed by atoms with E-state index in [1.807, 2.05) is 4.90 Å². The minimum absolute atomic E-state index is 0.0308. The van der Waals surface area contributed by atoms with Crippen molar-refractivity contribution < 1.29 is 17.9 Å². The number of nitrogens with zero attached hydrogens (tertiary/aromatic N) is 3. The van der Waals surface area contributed by atoms with Crippen molar-refractivity contribution >= 4 is 44.6 Å². The SMILES string of the molecule is Cc1cc(C(=O)Nc2ccc(N3CCOCC3)c(S(=O)(=O)Nc3ccccc3Cl)c2)n(C)n1. The molecule has 4 rings (SSSR count). The van der Waals surface area contributed by atoms with Crippen LogP contribution in [0.3, 0.4) is 0 Å². The lowest BCUT2D eigenvalue weighted by Gasteiger charge is -2.30. The molecular formula is C22H24ClN5O4S. The van der Waals surface area contributed by atoms with Gasteiger partial charge in [-0.05, 0) is 43.3 Å². The molecule has 0 bridgehead atoms. The van der Waals surface area contributed by atoms with Crippen LogP contribution < -0.4 is 14.9 Å². The molecule has 0 spiro atoms. The van der Waals surface area contributed by atoms with Crippen molar-refractivity contribution in [2.75, 3.05) is 41.2 Å². The van der Waals surface area contributed by atoms with E-state index in [1.54, 1.807) is 56.4 Å². The van der Waals surface area contributed by atoms with Gasteiger partial charge in [0.15, 0.2) is 0 Å². The zero-order valence-corrected chi connectivity index (χ0v) is 19.8. The van der Waals surface area contributed by atoms with Crippen LogP contribution in [-0.4, -0.2) is 50.4 Å². The molecule has 174 valence electrons. The van der Waals surface area contributed by atoms with Crippen molar-refractivity contribution in [1.82, 2.24) is 9.78 Å². The number of hydrogen-bond acceptors (Lipinski definition) is 6. The molecule has 0 saturated carbocycles. The summed E-state index contributed by atoms with van der Waals surface area (Å²) in [6.45, 7) is 3.88. The number of aromatic nitrogens is 2. The summed E-state index contributed by atoms with van der Waals surface area (Å²) in [6, 6.07) is 13.1. The number of carbonyl (C=O) groups excluding carboxylic acids is 1. The minimum atomic E-state index is -4.03. The van der Waals surface area contributed by atoms with Crippen LogP contribution in [0.1, 0.15) is 16.2 Å². The average molecular weight is 490 g/mol. The van der Waals surface area contributed by atoms with Crippen LogP contribution in [0.2, 0.25) is 5.02 Å². The van der Waals surface area contributed by atoms with E-state index >= 15 is 0 Å². The number of ether oxygens (including phenoxy) is 1. The predicted molar refractivity (Wildman–Crippen MR) is 128 cm³/mol. The van der Waals surface area contributed by atoms with Gasteiger partial charge >= 0.3 is 0 Å². The first-order valence-electron chi connectivity index (χ1n) is 10.3. The van der Waals surface area contributed by atoms with Gasteiger partial charge in [0.2, 0.25) is 0 Å². The normalized spacial score (nSPS) is 14.2. The Bertz CT molecular complexity index is 1290. The highest BCUT2D eigenvalue weighted by molar-refractivity contribution is 7.93. The zero-order chi connectivity index (χ0) is 23.6. The summed E-state index contributed by atoms with van der Waals surface area (Å²) in [6.07, 6.45) is 0. The summed E-state index contributed by atoms with van der Waals surface area (Å²) in [5.41, 5.74) is 2.20. The van der Waals surface area contributed by atoms with Gasteiger partial charge in [-0.3, -0.25) is 14.2 Å². The standard InChI is InChI=1S/C22H24ClN5O4S/c1-15-13-20(27(2)25-15)22(29)24-16-7-8-19(28-9-11-32-12-10-28)21(14-16)33(30,31)26-18-6-4-3-5-17(18)23/h3-8,13-14,26H,9-12H2,1-2H3,(H,24,29). The first-order valence-corrected chi connectivity index (χ1v) is 12.2. The molecule has 1 saturated heterocycles. The fourth-order valence-electron chi connectivity index (χ4n) is 3.63. The maximum absolute atomic E-state index is 13.4. The van der Waals surface area contributed by atoms with Crippen LogP contribution in [0.4, 0.5) is 17.1 Å². The molecule has 0 aliphatic carbocycles. The fraction of sp³-hybridized carbons (Fsp3) is 0.273. The van der Waals surface area contributed by atoms with E-state index in [2.05, 4.69) is 15.1 Å². The summed E-state index contributed by atoms with van der Waals surface area (Å²) in [5, 5.41) is 7.23. The Labute approximate surface area is 197 Å². The molecule has 2 N–H and O–H groups in total. The molecule has 1 aliphatic rings. The molecule has 3 aromatic rings. The minimum Gasteiger partial charge on any atom is -0.378 e. The van der Waals surface area contributed by atoms with Gasteiger partial charge in [0.1, 0.15) is 10.6 Å². The van der Waals surface area contributed by atoms with Crippen LogP contribution in [0.5, 0.6) is 0 Å². The average Bonchev–Trinajstić information content (AvgIpc) is 3.14. The van der Waals surface area contributed by atoms with E-state index in [4.69, 9.17) is 16.3 Å². The predicted octanol–water partition coefficient (Wildman–Crippen LogP) is 3.27. The van der Waals surface area contributed by atoms with Crippen LogP contribution in [0, 0.1) is 6.92 Å². The fourth-order valence-corrected chi connectivity index (χ4v) is 5.21. The van der Waals surface area contributed by atoms with Crippen LogP contribution in [0.25, 0.3) is 0 Å². The molecule has 2 heterocycles. The van der Waals surface area contributed by atoms with Crippen molar-refractivity contribution in [3.8, 4) is 0 Å². The molecule has 11 heteroatoms. The molecule has 1 fully saturated rings. The summed E-state index contributed by atoms with van der Waals surface area (Å²) in [7, 11) is -2.36. The van der Waals surface area contributed by atoms with Gasteiger partial charge in [0, 0.05) is 25.8 Å². The molecule has 0 radical (unpaired) electrons. The number of amides is 1. The third kappa shape index (κ3) is 5.13. The van der Waals surface area contributed by atoms with Crippen LogP contribution in [0.15, 0.2) is 53.4 Å². The van der Waals surface area contributed by atoms with Crippen LogP contribution >= 0.6 is 11.6 Å². The third-order valence-electron chi connectivity index (χ3n) is 5.21. The maximum atomic E-state index is 13.4. The molecule has 0 atom stereocenters. The van der Waals surface area contributed by atoms with Crippen molar-refractivity contribution in [2.24, 2.45) is 7.05 Å². The number of para-hydroxylation sites is 1. The van der Waals surface area contributed by atoms with E-state index in [9.17, 15) is 13.2 Å². The second kappa shape index (κ2) is 9.42. The van der Waals surface area contributed by atoms with E-state index in [0.717, 1.165) is 0 Å². The summed E-state index contributed by atoms with van der Waals surface area (Å²) in [5.74, 6) is -0.389. The Kier molecular flexibility index (Phi) is 6.59. The topological polar surface area (TPSA) is 106 Å². The van der Waals surface area contributed by atoms with Crippen molar-refractivity contribution in [1.29, 1.82) is 0 Å². The molecule has 1 aromatic heterocycles. The Morgan fingerprint density at radius 3 is 2.52 bits per heavy atom.